The fourth-order valence-corrected chi connectivity index (χ4v) is 3.76. The molecule has 0 amide bonds. The molecule has 0 bridgehead atoms. The molecule has 1 atom stereocenters. The van der Waals surface area contributed by atoms with Gasteiger partial charge in [0, 0.05) is 4.70 Å². The maximum absolute atomic E-state index is 3.65. The largest absolute Gasteiger partial charge is 0.306 e. The van der Waals surface area contributed by atoms with E-state index in [-0.39, 0.29) is 6.04 Å². The summed E-state index contributed by atoms with van der Waals surface area (Å²) in [5.41, 5.74) is 5.45. The van der Waals surface area contributed by atoms with Gasteiger partial charge in [-0.05, 0) is 59.5 Å². The highest BCUT2D eigenvalue weighted by Gasteiger charge is 2.17. The summed E-state index contributed by atoms with van der Waals surface area (Å²) in [5.74, 6) is 0. The van der Waals surface area contributed by atoms with Gasteiger partial charge in [-0.1, -0.05) is 43.3 Å². The van der Waals surface area contributed by atoms with E-state index in [1.165, 1.54) is 32.3 Å². The molecule has 0 saturated heterocycles. The minimum atomic E-state index is 0.269. The van der Waals surface area contributed by atoms with Crippen molar-refractivity contribution in [3.63, 3.8) is 0 Å². The first-order valence-electron chi connectivity index (χ1n) is 7.47. The van der Waals surface area contributed by atoms with Crippen molar-refractivity contribution in [2.75, 3.05) is 6.54 Å². The molecule has 0 aliphatic carbocycles. The lowest BCUT2D eigenvalue weighted by atomic mass is 9.95. The fourth-order valence-electron chi connectivity index (χ4n) is 2.78. The highest BCUT2D eigenvalue weighted by molar-refractivity contribution is 7.17. The van der Waals surface area contributed by atoms with Crippen LogP contribution in [-0.2, 0) is 0 Å². The Balaban J connectivity index is 2.11. The van der Waals surface area contributed by atoms with Gasteiger partial charge in [0.25, 0.3) is 0 Å². The molecule has 2 aromatic carbocycles. The summed E-state index contributed by atoms with van der Waals surface area (Å²) in [6, 6.07) is 15.7. The minimum Gasteiger partial charge on any atom is -0.306 e. The molecule has 1 heterocycles. The predicted molar refractivity (Wildman–Crippen MR) is 93.3 cm³/mol. The number of aryl methyl sites for hydroxylation is 2. The predicted octanol–water partition coefficient (Wildman–Crippen LogP) is 5.22. The summed E-state index contributed by atoms with van der Waals surface area (Å²) in [4.78, 5) is 0. The zero-order chi connectivity index (χ0) is 14.8. The highest BCUT2D eigenvalue weighted by atomic mass is 32.1. The van der Waals surface area contributed by atoms with Crippen LogP contribution in [0.2, 0.25) is 0 Å². The van der Waals surface area contributed by atoms with Crippen LogP contribution in [0.25, 0.3) is 10.1 Å². The molecule has 0 spiro atoms. The van der Waals surface area contributed by atoms with Crippen molar-refractivity contribution in [3.8, 4) is 0 Å². The van der Waals surface area contributed by atoms with E-state index in [1.54, 1.807) is 0 Å². The van der Waals surface area contributed by atoms with Gasteiger partial charge in [0.1, 0.15) is 0 Å². The van der Waals surface area contributed by atoms with Crippen molar-refractivity contribution in [1.82, 2.24) is 5.32 Å². The summed E-state index contributed by atoms with van der Waals surface area (Å²) >= 11 is 1.83. The Morgan fingerprint density at radius 1 is 1.05 bits per heavy atom. The molecule has 21 heavy (non-hydrogen) atoms. The van der Waals surface area contributed by atoms with Crippen molar-refractivity contribution in [2.45, 2.75) is 26.8 Å². The van der Waals surface area contributed by atoms with Crippen LogP contribution in [0.15, 0.2) is 47.8 Å². The molecule has 3 rings (SSSR count). The second-order valence-corrected chi connectivity index (χ2v) is 6.43. The van der Waals surface area contributed by atoms with E-state index in [2.05, 4.69) is 73.9 Å². The monoisotopic (exact) mass is 295 g/mol. The van der Waals surface area contributed by atoms with Gasteiger partial charge >= 0.3 is 0 Å². The Kier molecular flexibility index (Phi) is 4.09. The molecular weight excluding hydrogens is 274 g/mol. The van der Waals surface area contributed by atoms with Crippen LogP contribution in [0.4, 0.5) is 0 Å². The lowest BCUT2D eigenvalue weighted by Gasteiger charge is -2.19. The molecule has 1 nitrogen and oxygen atoms in total. The molecule has 0 fully saturated rings. The lowest BCUT2D eigenvalue weighted by Crippen LogP contribution is -2.21. The van der Waals surface area contributed by atoms with Gasteiger partial charge in [0.2, 0.25) is 0 Å². The van der Waals surface area contributed by atoms with E-state index in [9.17, 15) is 0 Å². The molecule has 1 aromatic heterocycles. The van der Waals surface area contributed by atoms with Crippen LogP contribution in [-0.4, -0.2) is 6.54 Å². The van der Waals surface area contributed by atoms with Gasteiger partial charge in [0.05, 0.1) is 6.04 Å². The molecular formula is C19H21NS. The molecule has 0 radical (unpaired) electrons. The number of thiophene rings is 1. The second-order valence-electron chi connectivity index (χ2n) is 5.52. The van der Waals surface area contributed by atoms with Crippen LogP contribution in [0, 0.1) is 13.8 Å². The van der Waals surface area contributed by atoms with E-state index in [1.807, 2.05) is 11.3 Å². The number of fused-ring (bicyclic) bond motifs is 1. The summed E-state index contributed by atoms with van der Waals surface area (Å²) in [6.07, 6.45) is 0. The van der Waals surface area contributed by atoms with E-state index in [4.69, 9.17) is 0 Å². The van der Waals surface area contributed by atoms with Gasteiger partial charge in [0.15, 0.2) is 0 Å². The van der Waals surface area contributed by atoms with Crippen LogP contribution < -0.4 is 5.32 Å². The van der Waals surface area contributed by atoms with Crippen molar-refractivity contribution in [3.05, 3.63) is 70.1 Å². The van der Waals surface area contributed by atoms with E-state index in [0.29, 0.717) is 0 Å². The standard InChI is InChI=1S/C19H21NS/c1-4-20-19(15-10-9-13(2)14(3)11-15)17-12-21-18-8-6-5-7-16(17)18/h5-12,19-20H,4H2,1-3H3. The average molecular weight is 295 g/mol. The molecule has 0 aliphatic heterocycles. The summed E-state index contributed by atoms with van der Waals surface area (Å²) in [5, 5.41) is 7.31. The van der Waals surface area contributed by atoms with Crippen molar-refractivity contribution >= 4 is 21.4 Å². The third-order valence-electron chi connectivity index (χ3n) is 4.09. The summed E-state index contributed by atoms with van der Waals surface area (Å²) in [7, 11) is 0. The SMILES string of the molecule is CCNC(c1ccc(C)c(C)c1)c1csc2ccccc12. The summed E-state index contributed by atoms with van der Waals surface area (Å²) in [6.45, 7) is 7.49. The molecule has 3 aromatic rings. The van der Waals surface area contributed by atoms with Crippen molar-refractivity contribution < 1.29 is 0 Å². The zero-order valence-corrected chi connectivity index (χ0v) is 13.6. The first-order chi connectivity index (χ1) is 10.2. The number of hydrogen-bond donors (Lipinski definition) is 1. The first kappa shape index (κ1) is 14.3. The van der Waals surface area contributed by atoms with Gasteiger partial charge in [-0.25, -0.2) is 0 Å². The second kappa shape index (κ2) is 6.00. The van der Waals surface area contributed by atoms with Crippen LogP contribution in [0.3, 0.4) is 0 Å². The van der Waals surface area contributed by atoms with Gasteiger partial charge in [-0.2, -0.15) is 0 Å². The highest BCUT2D eigenvalue weighted by Crippen LogP contribution is 2.34. The summed E-state index contributed by atoms with van der Waals surface area (Å²) < 4.78 is 1.36. The van der Waals surface area contributed by atoms with E-state index >= 15 is 0 Å². The van der Waals surface area contributed by atoms with Crippen LogP contribution in [0.5, 0.6) is 0 Å². The Morgan fingerprint density at radius 3 is 2.62 bits per heavy atom. The third kappa shape index (κ3) is 2.74. The van der Waals surface area contributed by atoms with E-state index < -0.39 is 0 Å². The Bertz CT molecular complexity index is 757. The third-order valence-corrected chi connectivity index (χ3v) is 5.08. The number of rotatable bonds is 4. The van der Waals surface area contributed by atoms with Crippen LogP contribution >= 0.6 is 11.3 Å². The van der Waals surface area contributed by atoms with Gasteiger partial charge in [-0.15, -0.1) is 11.3 Å². The molecule has 0 aliphatic rings. The smallest absolute Gasteiger partial charge is 0.0591 e. The van der Waals surface area contributed by atoms with Crippen LogP contribution in [0.1, 0.15) is 35.2 Å². The molecule has 108 valence electrons. The lowest BCUT2D eigenvalue weighted by molar-refractivity contribution is 0.635. The minimum absolute atomic E-state index is 0.269. The van der Waals surface area contributed by atoms with Crippen molar-refractivity contribution in [1.29, 1.82) is 0 Å². The molecule has 1 N–H and O–H groups in total. The Labute approximate surface area is 130 Å². The Hall–Kier alpha value is -1.64. The maximum Gasteiger partial charge on any atom is 0.0591 e. The fraction of sp³-hybridized carbons (Fsp3) is 0.263. The number of benzene rings is 2. The molecule has 0 saturated carbocycles. The van der Waals surface area contributed by atoms with E-state index in [0.717, 1.165) is 6.54 Å². The quantitative estimate of drug-likeness (QED) is 0.696. The number of hydrogen-bond acceptors (Lipinski definition) is 2. The van der Waals surface area contributed by atoms with Crippen molar-refractivity contribution in [2.24, 2.45) is 0 Å². The first-order valence-corrected chi connectivity index (χ1v) is 8.35. The average Bonchev–Trinajstić information content (AvgIpc) is 2.92. The topological polar surface area (TPSA) is 12.0 Å². The molecule has 1 unspecified atom stereocenters. The molecule has 2 heteroatoms. The normalized spacial score (nSPS) is 12.7. The maximum atomic E-state index is 3.65. The van der Waals surface area contributed by atoms with Gasteiger partial charge < -0.3 is 5.32 Å². The zero-order valence-electron chi connectivity index (χ0n) is 12.8. The number of nitrogens with one attached hydrogen (secondary N) is 1. The Morgan fingerprint density at radius 2 is 1.86 bits per heavy atom. The van der Waals surface area contributed by atoms with Gasteiger partial charge in [-0.3, -0.25) is 0 Å².